The minimum absolute atomic E-state index is 0.0951. The second-order valence-corrected chi connectivity index (χ2v) is 10.4. The van der Waals surface area contributed by atoms with Crippen LogP contribution in [0.2, 0.25) is 0 Å². The first-order chi connectivity index (χ1) is 17.3. The molecular weight excluding hydrogens is 478 g/mol. The number of sulfonamides is 1. The third kappa shape index (κ3) is 5.41. The first-order valence-corrected chi connectivity index (χ1v) is 13.2. The number of benzene rings is 3. The van der Waals surface area contributed by atoms with Crippen LogP contribution in [0, 0.1) is 6.92 Å². The molecule has 0 bridgehead atoms. The average Bonchev–Trinajstić information content (AvgIpc) is 2.92. The summed E-state index contributed by atoms with van der Waals surface area (Å²) in [5.74, 6) is 1.10. The molecule has 3 aromatic carbocycles. The van der Waals surface area contributed by atoms with Gasteiger partial charge < -0.3 is 19.3 Å². The molecule has 9 heteroatoms. The second-order valence-electron chi connectivity index (χ2n) is 8.56. The van der Waals surface area contributed by atoms with E-state index in [0.717, 1.165) is 17.0 Å². The smallest absolute Gasteiger partial charge is 0.264 e. The molecule has 0 unspecified atom stereocenters. The lowest BCUT2D eigenvalue weighted by Gasteiger charge is -2.37. The highest BCUT2D eigenvalue weighted by atomic mass is 32.2. The topological polar surface area (TPSA) is 79.4 Å². The van der Waals surface area contributed by atoms with Crippen molar-refractivity contribution in [3.63, 3.8) is 0 Å². The van der Waals surface area contributed by atoms with Gasteiger partial charge in [-0.2, -0.15) is 0 Å². The minimum Gasteiger partial charge on any atom is -0.497 e. The fourth-order valence-corrected chi connectivity index (χ4v) is 5.63. The Bertz CT molecular complexity index is 1290. The van der Waals surface area contributed by atoms with Crippen molar-refractivity contribution in [2.24, 2.45) is 0 Å². The summed E-state index contributed by atoms with van der Waals surface area (Å²) >= 11 is 0. The number of hydrogen-bond acceptors (Lipinski definition) is 6. The quantitative estimate of drug-likeness (QED) is 0.462. The molecule has 0 aromatic heterocycles. The Labute approximate surface area is 212 Å². The number of nitrogens with zero attached hydrogens (tertiary/aromatic N) is 3. The van der Waals surface area contributed by atoms with E-state index in [0.29, 0.717) is 37.6 Å². The molecule has 1 heterocycles. The van der Waals surface area contributed by atoms with Crippen LogP contribution in [0.3, 0.4) is 0 Å². The van der Waals surface area contributed by atoms with Gasteiger partial charge in [0.25, 0.3) is 10.0 Å². The van der Waals surface area contributed by atoms with Gasteiger partial charge in [-0.3, -0.25) is 9.10 Å². The lowest BCUT2D eigenvalue weighted by Crippen LogP contribution is -2.52. The van der Waals surface area contributed by atoms with Crippen LogP contribution in [0.25, 0.3) is 0 Å². The number of carbonyl (C=O) groups is 1. The van der Waals surface area contributed by atoms with Crippen molar-refractivity contribution in [3.8, 4) is 11.5 Å². The number of hydrogen-bond donors (Lipinski definition) is 0. The van der Waals surface area contributed by atoms with Crippen LogP contribution in [0.1, 0.15) is 5.56 Å². The second kappa shape index (κ2) is 10.9. The van der Waals surface area contributed by atoms with E-state index in [1.54, 1.807) is 36.3 Å². The molecule has 1 fully saturated rings. The standard InChI is InChI=1S/C27H31N3O5S/c1-21-8-10-22(11-9-21)30(36(32,33)24-14-12-23(34-2)13-15-24)20-27(31)29-18-16-28(17-19-29)25-6-4-5-7-26(25)35-3/h4-15H,16-20H2,1-3H3. The maximum atomic E-state index is 13.6. The Morgan fingerprint density at radius 2 is 1.50 bits per heavy atom. The monoisotopic (exact) mass is 509 g/mol. The van der Waals surface area contributed by atoms with Gasteiger partial charge in [0.2, 0.25) is 5.91 Å². The Balaban J connectivity index is 1.53. The first kappa shape index (κ1) is 25.4. The molecule has 0 spiro atoms. The number of piperazine rings is 1. The lowest BCUT2D eigenvalue weighted by molar-refractivity contribution is -0.129. The van der Waals surface area contributed by atoms with Crippen LogP contribution in [-0.4, -0.2) is 66.2 Å². The van der Waals surface area contributed by atoms with Crippen molar-refractivity contribution in [1.29, 1.82) is 0 Å². The highest BCUT2D eigenvalue weighted by Gasteiger charge is 2.30. The zero-order chi connectivity index (χ0) is 25.7. The molecule has 0 saturated carbocycles. The van der Waals surface area contributed by atoms with E-state index < -0.39 is 10.0 Å². The molecule has 1 amide bonds. The number of para-hydroxylation sites is 2. The molecule has 0 atom stereocenters. The molecule has 0 aliphatic carbocycles. The van der Waals surface area contributed by atoms with Crippen molar-refractivity contribution < 1.29 is 22.7 Å². The van der Waals surface area contributed by atoms with Crippen LogP contribution in [0.5, 0.6) is 11.5 Å². The average molecular weight is 510 g/mol. The van der Waals surface area contributed by atoms with E-state index in [1.165, 1.54) is 23.5 Å². The maximum Gasteiger partial charge on any atom is 0.264 e. The number of methoxy groups -OCH3 is 2. The maximum absolute atomic E-state index is 13.6. The van der Waals surface area contributed by atoms with Gasteiger partial charge in [0.1, 0.15) is 18.0 Å². The van der Waals surface area contributed by atoms with E-state index in [-0.39, 0.29) is 17.3 Å². The summed E-state index contributed by atoms with van der Waals surface area (Å²) in [6.07, 6.45) is 0. The van der Waals surface area contributed by atoms with Gasteiger partial charge in [0, 0.05) is 26.2 Å². The zero-order valence-corrected chi connectivity index (χ0v) is 21.6. The normalized spacial score (nSPS) is 13.9. The minimum atomic E-state index is -3.99. The Morgan fingerprint density at radius 1 is 0.861 bits per heavy atom. The Kier molecular flexibility index (Phi) is 7.69. The van der Waals surface area contributed by atoms with Crippen LogP contribution < -0.4 is 18.7 Å². The molecule has 4 rings (SSSR count). The van der Waals surface area contributed by atoms with Crippen molar-refractivity contribution in [2.75, 3.05) is 56.1 Å². The van der Waals surface area contributed by atoms with Gasteiger partial charge in [0.15, 0.2) is 0 Å². The van der Waals surface area contributed by atoms with E-state index in [1.807, 2.05) is 43.3 Å². The summed E-state index contributed by atoms with van der Waals surface area (Å²) in [6.45, 7) is 3.87. The highest BCUT2D eigenvalue weighted by Crippen LogP contribution is 2.29. The number of amides is 1. The van der Waals surface area contributed by atoms with Gasteiger partial charge in [0.05, 0.1) is 30.5 Å². The molecule has 0 N–H and O–H groups in total. The number of carbonyl (C=O) groups excluding carboxylic acids is 1. The van der Waals surface area contributed by atoms with Crippen LogP contribution >= 0.6 is 0 Å². The largest absolute Gasteiger partial charge is 0.497 e. The predicted octanol–water partition coefficient (Wildman–Crippen LogP) is 3.56. The van der Waals surface area contributed by atoms with Crippen LogP contribution in [0.15, 0.2) is 77.7 Å². The predicted molar refractivity (Wildman–Crippen MR) is 140 cm³/mol. The zero-order valence-electron chi connectivity index (χ0n) is 20.8. The van der Waals surface area contributed by atoms with E-state index >= 15 is 0 Å². The molecular formula is C27H31N3O5S. The molecule has 1 aliphatic rings. The molecule has 36 heavy (non-hydrogen) atoms. The number of ether oxygens (including phenoxy) is 2. The van der Waals surface area contributed by atoms with Gasteiger partial charge in [-0.25, -0.2) is 8.42 Å². The number of anilines is 2. The third-order valence-corrected chi connectivity index (χ3v) is 8.09. The van der Waals surface area contributed by atoms with Crippen molar-refractivity contribution in [1.82, 2.24) is 4.90 Å². The molecule has 1 saturated heterocycles. The first-order valence-electron chi connectivity index (χ1n) is 11.7. The van der Waals surface area contributed by atoms with Crippen molar-refractivity contribution >= 4 is 27.3 Å². The fraction of sp³-hybridized carbons (Fsp3) is 0.296. The lowest BCUT2D eigenvalue weighted by atomic mass is 10.2. The summed E-state index contributed by atoms with van der Waals surface area (Å²) < 4.78 is 39.1. The summed E-state index contributed by atoms with van der Waals surface area (Å²) in [7, 11) is -0.822. The van der Waals surface area contributed by atoms with Gasteiger partial charge >= 0.3 is 0 Å². The summed E-state index contributed by atoms with van der Waals surface area (Å²) in [5, 5.41) is 0. The Hall–Kier alpha value is -3.72. The van der Waals surface area contributed by atoms with Gasteiger partial charge in [-0.15, -0.1) is 0 Å². The number of aryl methyl sites for hydroxylation is 1. The van der Waals surface area contributed by atoms with E-state index in [4.69, 9.17) is 9.47 Å². The van der Waals surface area contributed by atoms with E-state index in [2.05, 4.69) is 4.90 Å². The van der Waals surface area contributed by atoms with Gasteiger partial charge in [-0.1, -0.05) is 29.8 Å². The van der Waals surface area contributed by atoms with Gasteiger partial charge in [-0.05, 0) is 55.5 Å². The molecule has 1 aliphatic heterocycles. The summed E-state index contributed by atoms with van der Waals surface area (Å²) in [4.78, 5) is 17.3. The molecule has 3 aromatic rings. The molecule has 190 valence electrons. The third-order valence-electron chi connectivity index (χ3n) is 6.31. The van der Waals surface area contributed by atoms with Crippen LogP contribution in [-0.2, 0) is 14.8 Å². The summed E-state index contributed by atoms with van der Waals surface area (Å²) in [6, 6.07) is 21.1. The Morgan fingerprint density at radius 3 is 2.11 bits per heavy atom. The van der Waals surface area contributed by atoms with E-state index in [9.17, 15) is 13.2 Å². The van der Waals surface area contributed by atoms with Crippen molar-refractivity contribution in [2.45, 2.75) is 11.8 Å². The van der Waals surface area contributed by atoms with Crippen molar-refractivity contribution in [3.05, 3.63) is 78.4 Å². The summed E-state index contributed by atoms with van der Waals surface area (Å²) in [5.41, 5.74) is 2.42. The SMILES string of the molecule is COc1ccc(S(=O)(=O)N(CC(=O)N2CCN(c3ccccc3OC)CC2)c2ccc(C)cc2)cc1. The van der Waals surface area contributed by atoms with Crippen LogP contribution in [0.4, 0.5) is 11.4 Å². The fourth-order valence-electron chi connectivity index (χ4n) is 4.21. The highest BCUT2D eigenvalue weighted by molar-refractivity contribution is 7.92. The molecule has 8 nitrogen and oxygen atoms in total. The number of rotatable bonds is 8. The molecule has 0 radical (unpaired) electrons.